The molecule has 0 saturated heterocycles. The molecule has 1 fully saturated rings. The highest BCUT2D eigenvalue weighted by Gasteiger charge is 2.42. The van der Waals surface area contributed by atoms with Crippen molar-refractivity contribution in [1.82, 2.24) is 14.1 Å². The maximum Gasteiger partial charge on any atom is 0.260 e. The van der Waals surface area contributed by atoms with Crippen LogP contribution in [0.15, 0.2) is 16.6 Å². The third-order valence-corrected chi connectivity index (χ3v) is 6.16. The monoisotopic (exact) mass is 329 g/mol. The van der Waals surface area contributed by atoms with Crippen molar-refractivity contribution >= 4 is 32.1 Å². The molecule has 2 aromatic rings. The van der Waals surface area contributed by atoms with Gasteiger partial charge in [0.05, 0.1) is 0 Å². The fourth-order valence-electron chi connectivity index (χ4n) is 2.65. The largest absolute Gasteiger partial charge is 0.306 e. The van der Waals surface area contributed by atoms with Crippen molar-refractivity contribution in [3.05, 3.63) is 11.6 Å². The second-order valence-corrected chi connectivity index (χ2v) is 8.10. The van der Waals surface area contributed by atoms with Crippen molar-refractivity contribution in [2.24, 2.45) is 11.3 Å². The van der Waals surface area contributed by atoms with Gasteiger partial charge < -0.3 is 5.43 Å². The second kappa shape index (κ2) is 5.24. The average molecular weight is 329 g/mol. The maximum atomic E-state index is 12.6. The van der Waals surface area contributed by atoms with Gasteiger partial charge in [-0.05, 0) is 24.7 Å². The van der Waals surface area contributed by atoms with Crippen molar-refractivity contribution in [3.8, 4) is 0 Å². The van der Waals surface area contributed by atoms with E-state index in [0.29, 0.717) is 11.5 Å². The van der Waals surface area contributed by atoms with E-state index >= 15 is 0 Å². The Hall–Kier alpha value is -1.16. The molecule has 7 nitrogen and oxygen atoms in total. The van der Waals surface area contributed by atoms with Crippen molar-refractivity contribution in [3.63, 3.8) is 0 Å². The average Bonchev–Trinajstić information content (AvgIpc) is 2.91. The minimum atomic E-state index is -3.65. The number of hydrogen-bond donors (Lipinski definition) is 3. The fraction of sp³-hybridized carbons (Fsp3) is 0.583. The Bertz CT molecular complexity index is 745. The molecule has 0 aromatic carbocycles. The molecule has 1 aliphatic carbocycles. The molecule has 0 unspecified atom stereocenters. The minimum Gasteiger partial charge on any atom is -0.306 e. The Kier molecular flexibility index (Phi) is 3.68. The van der Waals surface area contributed by atoms with Gasteiger partial charge in [-0.1, -0.05) is 13.3 Å². The van der Waals surface area contributed by atoms with Crippen molar-refractivity contribution in [2.75, 3.05) is 12.0 Å². The summed E-state index contributed by atoms with van der Waals surface area (Å²) in [6.07, 6.45) is 5.98. The summed E-state index contributed by atoms with van der Waals surface area (Å²) in [6.45, 7) is 2.60. The van der Waals surface area contributed by atoms with Crippen LogP contribution in [0.2, 0.25) is 0 Å². The third-order valence-electron chi connectivity index (χ3n) is 3.98. The Morgan fingerprint density at radius 3 is 2.90 bits per heavy atom. The molecule has 116 valence electrons. The van der Waals surface area contributed by atoms with Crippen LogP contribution >= 0.6 is 11.3 Å². The van der Waals surface area contributed by atoms with E-state index < -0.39 is 10.0 Å². The molecule has 0 atom stereocenters. The van der Waals surface area contributed by atoms with Crippen LogP contribution in [0.1, 0.15) is 32.6 Å². The second-order valence-electron chi connectivity index (χ2n) is 5.54. The topological polar surface area (TPSA) is 102 Å². The molecular formula is C12H19N5O2S2. The molecule has 3 rings (SSSR count). The Labute approximate surface area is 127 Å². The normalized spacial score (nSPS) is 17.2. The van der Waals surface area contributed by atoms with Gasteiger partial charge >= 0.3 is 0 Å². The molecule has 0 spiro atoms. The molecule has 0 radical (unpaired) electrons. The molecule has 0 amide bonds. The number of anilines is 1. The van der Waals surface area contributed by atoms with E-state index in [1.165, 1.54) is 11.3 Å². The number of nitrogens with zero attached hydrogens (tertiary/aromatic N) is 2. The van der Waals surface area contributed by atoms with Crippen molar-refractivity contribution in [2.45, 2.75) is 37.6 Å². The number of nitrogens with two attached hydrogens (primary N) is 1. The molecule has 0 bridgehead atoms. The van der Waals surface area contributed by atoms with Crippen LogP contribution in [0.4, 0.5) is 5.82 Å². The van der Waals surface area contributed by atoms with Gasteiger partial charge in [-0.15, -0.1) is 11.3 Å². The lowest BCUT2D eigenvalue weighted by Crippen LogP contribution is -2.31. The number of hydrazine groups is 1. The molecule has 21 heavy (non-hydrogen) atoms. The van der Waals surface area contributed by atoms with Gasteiger partial charge in [0, 0.05) is 18.1 Å². The molecular weight excluding hydrogens is 310 g/mol. The zero-order valence-electron chi connectivity index (χ0n) is 11.8. The lowest BCUT2D eigenvalue weighted by molar-refractivity contribution is 0.449. The van der Waals surface area contributed by atoms with Crippen LogP contribution in [0.5, 0.6) is 0 Å². The maximum absolute atomic E-state index is 12.6. The van der Waals surface area contributed by atoms with Gasteiger partial charge in [0.15, 0.2) is 10.8 Å². The van der Waals surface area contributed by atoms with Crippen LogP contribution in [0.25, 0.3) is 4.96 Å². The Balaban J connectivity index is 1.88. The Morgan fingerprint density at radius 1 is 1.52 bits per heavy atom. The van der Waals surface area contributed by atoms with Crippen LogP contribution in [-0.4, -0.2) is 24.3 Å². The summed E-state index contributed by atoms with van der Waals surface area (Å²) >= 11 is 1.36. The number of nitrogen functional groups attached to an aromatic ring is 1. The van der Waals surface area contributed by atoms with E-state index in [4.69, 9.17) is 5.84 Å². The van der Waals surface area contributed by atoms with Gasteiger partial charge in [-0.3, -0.25) is 4.40 Å². The van der Waals surface area contributed by atoms with E-state index in [2.05, 4.69) is 22.1 Å². The fourth-order valence-corrected chi connectivity index (χ4v) is 4.82. The van der Waals surface area contributed by atoms with Gasteiger partial charge in [0.1, 0.15) is 0 Å². The lowest BCUT2D eigenvalue weighted by atomic mass is 10.0. The molecule has 2 heterocycles. The number of fused-ring (bicyclic) bond motifs is 1. The van der Waals surface area contributed by atoms with Crippen LogP contribution in [0.3, 0.4) is 0 Å². The highest BCUT2D eigenvalue weighted by Crippen LogP contribution is 2.49. The number of thiazole rings is 1. The van der Waals surface area contributed by atoms with Crippen molar-refractivity contribution in [1.29, 1.82) is 0 Å². The van der Waals surface area contributed by atoms with E-state index in [0.717, 1.165) is 25.7 Å². The zero-order chi connectivity index (χ0) is 15.1. The SMILES string of the molecule is CCCC1(CNS(=O)(=O)c2c(NN)nc3sccn23)CC1. The van der Waals surface area contributed by atoms with E-state index in [1.807, 2.05) is 0 Å². The minimum absolute atomic E-state index is 0.0774. The first-order chi connectivity index (χ1) is 10.0. The first-order valence-electron chi connectivity index (χ1n) is 6.93. The smallest absolute Gasteiger partial charge is 0.260 e. The number of sulfonamides is 1. The van der Waals surface area contributed by atoms with Gasteiger partial charge in [0.25, 0.3) is 10.0 Å². The summed E-state index contributed by atoms with van der Waals surface area (Å²) in [5, 5.41) is 1.87. The zero-order valence-corrected chi connectivity index (χ0v) is 13.4. The predicted octanol–water partition coefficient (Wildman–Crippen LogP) is 1.54. The molecule has 0 aliphatic heterocycles. The summed E-state index contributed by atoms with van der Waals surface area (Å²) in [5.74, 6) is 5.57. The Morgan fingerprint density at radius 2 is 2.29 bits per heavy atom. The van der Waals surface area contributed by atoms with E-state index in [1.54, 1.807) is 16.0 Å². The highest BCUT2D eigenvalue weighted by atomic mass is 32.2. The molecule has 1 aliphatic rings. The standard InChI is InChI=1S/C12H19N5O2S2/c1-2-3-12(4-5-12)8-14-21(18,19)10-9(16-13)15-11-17(10)6-7-20-11/h6-7,14,16H,2-5,8,13H2,1H3. The summed E-state index contributed by atoms with van der Waals surface area (Å²) < 4.78 is 29.5. The number of hydrogen-bond acceptors (Lipinski definition) is 6. The number of rotatable bonds is 7. The van der Waals surface area contributed by atoms with E-state index in [-0.39, 0.29) is 16.3 Å². The first-order valence-corrected chi connectivity index (χ1v) is 9.29. The lowest BCUT2D eigenvalue weighted by Gasteiger charge is -2.15. The van der Waals surface area contributed by atoms with Gasteiger partial charge in [-0.2, -0.15) is 4.98 Å². The highest BCUT2D eigenvalue weighted by molar-refractivity contribution is 7.89. The molecule has 4 N–H and O–H groups in total. The quantitative estimate of drug-likeness (QED) is 0.528. The van der Waals surface area contributed by atoms with Crippen LogP contribution in [-0.2, 0) is 10.0 Å². The van der Waals surface area contributed by atoms with Gasteiger partial charge in [-0.25, -0.2) is 19.0 Å². The van der Waals surface area contributed by atoms with Crippen LogP contribution < -0.4 is 16.0 Å². The summed E-state index contributed by atoms with van der Waals surface area (Å²) in [4.78, 5) is 4.78. The predicted molar refractivity (Wildman–Crippen MR) is 82.6 cm³/mol. The number of imidazole rings is 1. The van der Waals surface area contributed by atoms with Crippen LogP contribution in [0, 0.1) is 5.41 Å². The van der Waals surface area contributed by atoms with Crippen molar-refractivity contribution < 1.29 is 8.42 Å². The summed E-state index contributed by atoms with van der Waals surface area (Å²) in [5.41, 5.74) is 2.52. The number of aromatic nitrogens is 2. The third kappa shape index (κ3) is 2.66. The molecule has 1 saturated carbocycles. The van der Waals surface area contributed by atoms with Gasteiger partial charge in [0.2, 0.25) is 5.03 Å². The number of nitrogens with one attached hydrogen (secondary N) is 2. The summed E-state index contributed by atoms with van der Waals surface area (Å²) in [7, 11) is -3.65. The summed E-state index contributed by atoms with van der Waals surface area (Å²) in [6, 6.07) is 0. The molecule has 9 heteroatoms. The van der Waals surface area contributed by atoms with E-state index in [9.17, 15) is 8.42 Å². The first kappa shape index (κ1) is 14.8. The molecule has 2 aromatic heterocycles.